The Hall–Kier alpha value is -2.10. The van der Waals surface area contributed by atoms with Gasteiger partial charge in [0.25, 0.3) is 0 Å². The molecule has 2 rings (SSSR count). The molecule has 0 spiro atoms. The van der Waals surface area contributed by atoms with Crippen molar-refractivity contribution in [3.05, 3.63) is 12.4 Å². The Morgan fingerprint density at radius 2 is 2.24 bits per heavy atom. The van der Waals surface area contributed by atoms with Gasteiger partial charge >= 0.3 is 6.18 Å². The van der Waals surface area contributed by atoms with Crippen molar-refractivity contribution in [3.63, 3.8) is 0 Å². The van der Waals surface area contributed by atoms with E-state index >= 15 is 0 Å². The molecule has 1 atom stereocenters. The predicted molar refractivity (Wildman–Crippen MR) is 66.0 cm³/mol. The summed E-state index contributed by atoms with van der Waals surface area (Å²) < 4.78 is 40.6. The number of carbonyl (C=O) groups is 2. The van der Waals surface area contributed by atoms with E-state index in [0.717, 1.165) is 10.9 Å². The molecule has 1 fully saturated rings. The van der Waals surface area contributed by atoms with Gasteiger partial charge in [0.1, 0.15) is 6.54 Å². The summed E-state index contributed by atoms with van der Waals surface area (Å²) in [5.74, 6) is -1.79. The number of nitrogens with one attached hydrogen (secondary N) is 2. The van der Waals surface area contributed by atoms with Gasteiger partial charge in [0.05, 0.1) is 11.9 Å². The highest BCUT2D eigenvalue weighted by molar-refractivity contribution is 5.96. The first-order valence-electron chi connectivity index (χ1n) is 6.14. The van der Waals surface area contributed by atoms with Crippen molar-refractivity contribution in [1.82, 2.24) is 15.1 Å². The zero-order valence-corrected chi connectivity index (χ0v) is 10.9. The molecule has 1 saturated heterocycles. The zero-order chi connectivity index (χ0) is 15.7. The lowest BCUT2D eigenvalue weighted by Crippen LogP contribution is -2.49. The van der Waals surface area contributed by atoms with E-state index < -0.39 is 30.0 Å². The molecule has 0 bridgehead atoms. The first-order chi connectivity index (χ1) is 9.74. The van der Waals surface area contributed by atoms with Gasteiger partial charge in [-0.3, -0.25) is 14.3 Å². The number of aromatic nitrogens is 2. The fraction of sp³-hybridized carbons (Fsp3) is 0.545. The molecule has 1 aromatic heterocycles. The maximum absolute atomic E-state index is 13.2. The van der Waals surface area contributed by atoms with Crippen LogP contribution in [0.2, 0.25) is 0 Å². The SMILES string of the molecule is NC(=O)Cn1cc(NC(=O)C2(C(F)(F)F)CCNC2)cn1. The van der Waals surface area contributed by atoms with E-state index in [1.54, 1.807) is 0 Å². The number of nitrogens with two attached hydrogens (primary N) is 1. The van der Waals surface area contributed by atoms with Crippen molar-refractivity contribution in [1.29, 1.82) is 0 Å². The van der Waals surface area contributed by atoms with E-state index in [-0.39, 0.29) is 25.2 Å². The van der Waals surface area contributed by atoms with Crippen LogP contribution in [0.1, 0.15) is 6.42 Å². The first kappa shape index (κ1) is 15.3. The monoisotopic (exact) mass is 305 g/mol. The summed E-state index contributed by atoms with van der Waals surface area (Å²) in [5, 5.41) is 8.47. The quantitative estimate of drug-likeness (QED) is 0.720. The molecule has 1 aliphatic rings. The normalized spacial score (nSPS) is 22.2. The Bertz CT molecular complexity index is 548. The lowest BCUT2D eigenvalue weighted by atomic mass is 9.85. The summed E-state index contributed by atoms with van der Waals surface area (Å²) in [6.45, 7) is -0.562. The van der Waals surface area contributed by atoms with Crippen LogP contribution < -0.4 is 16.4 Å². The molecule has 0 saturated carbocycles. The second kappa shape index (κ2) is 5.35. The number of primary amides is 1. The summed E-state index contributed by atoms with van der Waals surface area (Å²) in [6, 6.07) is 0. The summed E-state index contributed by atoms with van der Waals surface area (Å²) in [7, 11) is 0. The Labute approximate surface area is 117 Å². The minimum absolute atomic E-state index is 0.0803. The lowest BCUT2D eigenvalue weighted by Gasteiger charge is -2.29. The molecule has 1 aliphatic heterocycles. The van der Waals surface area contributed by atoms with Crippen molar-refractivity contribution in [3.8, 4) is 0 Å². The topological polar surface area (TPSA) is 102 Å². The average Bonchev–Trinajstić information content (AvgIpc) is 2.96. The predicted octanol–water partition coefficient (Wildman–Crippen LogP) is -0.151. The molecule has 1 aromatic rings. The minimum Gasteiger partial charge on any atom is -0.368 e. The molecular weight excluding hydrogens is 291 g/mol. The van der Waals surface area contributed by atoms with Gasteiger partial charge in [-0.25, -0.2) is 0 Å². The third-order valence-electron chi connectivity index (χ3n) is 3.34. The van der Waals surface area contributed by atoms with Crippen molar-refractivity contribution < 1.29 is 22.8 Å². The van der Waals surface area contributed by atoms with Gasteiger partial charge in [-0.15, -0.1) is 0 Å². The summed E-state index contributed by atoms with van der Waals surface area (Å²) >= 11 is 0. The van der Waals surface area contributed by atoms with Gasteiger partial charge in [0.2, 0.25) is 11.8 Å². The number of rotatable bonds is 4. The van der Waals surface area contributed by atoms with Gasteiger partial charge in [-0.2, -0.15) is 18.3 Å². The number of anilines is 1. The second-order valence-corrected chi connectivity index (χ2v) is 4.85. The van der Waals surface area contributed by atoms with Crippen LogP contribution in [-0.4, -0.2) is 40.9 Å². The minimum atomic E-state index is -4.65. The van der Waals surface area contributed by atoms with Gasteiger partial charge in [0, 0.05) is 12.7 Å². The van der Waals surface area contributed by atoms with Crippen LogP contribution in [0, 0.1) is 5.41 Å². The van der Waals surface area contributed by atoms with Crippen molar-refractivity contribution >= 4 is 17.5 Å². The maximum Gasteiger partial charge on any atom is 0.404 e. The Balaban J connectivity index is 2.13. The van der Waals surface area contributed by atoms with Crippen LogP contribution in [0.15, 0.2) is 12.4 Å². The molecular formula is C11H14F3N5O2. The van der Waals surface area contributed by atoms with E-state index in [2.05, 4.69) is 15.7 Å². The number of amides is 2. The fourth-order valence-corrected chi connectivity index (χ4v) is 2.18. The lowest BCUT2D eigenvalue weighted by molar-refractivity contribution is -0.213. The number of carbonyl (C=O) groups excluding carboxylic acids is 2. The van der Waals surface area contributed by atoms with E-state index in [4.69, 9.17) is 5.73 Å². The second-order valence-electron chi connectivity index (χ2n) is 4.85. The molecule has 0 aromatic carbocycles. The first-order valence-corrected chi connectivity index (χ1v) is 6.14. The third kappa shape index (κ3) is 2.99. The van der Waals surface area contributed by atoms with Crippen molar-refractivity contribution in [2.75, 3.05) is 18.4 Å². The van der Waals surface area contributed by atoms with Gasteiger partial charge in [-0.05, 0) is 13.0 Å². The van der Waals surface area contributed by atoms with Crippen molar-refractivity contribution in [2.45, 2.75) is 19.1 Å². The Morgan fingerprint density at radius 3 is 2.76 bits per heavy atom. The average molecular weight is 305 g/mol. The highest BCUT2D eigenvalue weighted by Crippen LogP contribution is 2.43. The molecule has 10 heteroatoms. The summed E-state index contributed by atoms with van der Waals surface area (Å²) in [6.07, 6.45) is -2.57. The molecule has 2 amide bonds. The number of halogens is 3. The van der Waals surface area contributed by atoms with Crippen molar-refractivity contribution in [2.24, 2.45) is 11.1 Å². The third-order valence-corrected chi connectivity index (χ3v) is 3.34. The molecule has 21 heavy (non-hydrogen) atoms. The van der Waals surface area contributed by atoms with Crippen LogP contribution in [0.3, 0.4) is 0 Å². The molecule has 0 aliphatic carbocycles. The molecule has 4 N–H and O–H groups in total. The van der Waals surface area contributed by atoms with Crippen LogP contribution in [0.4, 0.5) is 18.9 Å². The number of nitrogens with zero attached hydrogens (tertiary/aromatic N) is 2. The smallest absolute Gasteiger partial charge is 0.368 e. The summed E-state index contributed by atoms with van der Waals surface area (Å²) in [4.78, 5) is 22.7. The van der Waals surface area contributed by atoms with E-state index in [9.17, 15) is 22.8 Å². The summed E-state index contributed by atoms with van der Waals surface area (Å²) in [5.41, 5.74) is 2.60. The van der Waals surface area contributed by atoms with Crippen LogP contribution in [0.25, 0.3) is 0 Å². The van der Waals surface area contributed by atoms with E-state index in [0.29, 0.717) is 0 Å². The van der Waals surface area contributed by atoms with E-state index in [1.165, 1.54) is 6.20 Å². The van der Waals surface area contributed by atoms with E-state index in [1.807, 2.05) is 0 Å². The Morgan fingerprint density at radius 1 is 1.52 bits per heavy atom. The largest absolute Gasteiger partial charge is 0.404 e. The zero-order valence-electron chi connectivity index (χ0n) is 10.9. The highest BCUT2D eigenvalue weighted by atomic mass is 19.4. The van der Waals surface area contributed by atoms with Gasteiger partial charge < -0.3 is 16.4 Å². The molecule has 1 unspecified atom stereocenters. The van der Waals surface area contributed by atoms with Gasteiger partial charge in [0.15, 0.2) is 5.41 Å². The highest BCUT2D eigenvalue weighted by Gasteiger charge is 2.61. The Kier molecular flexibility index (Phi) is 3.90. The molecule has 7 nitrogen and oxygen atoms in total. The number of alkyl halides is 3. The van der Waals surface area contributed by atoms with Crippen LogP contribution in [-0.2, 0) is 16.1 Å². The maximum atomic E-state index is 13.2. The number of hydrogen-bond acceptors (Lipinski definition) is 4. The molecule has 0 radical (unpaired) electrons. The fourth-order valence-electron chi connectivity index (χ4n) is 2.18. The standard InChI is InChI=1S/C11H14F3N5O2/c12-11(13,14)10(1-2-16-6-10)9(21)18-7-3-17-19(4-7)5-8(15)20/h3-4,16H,1-2,5-6H2,(H2,15,20)(H,18,21). The number of hydrogen-bond donors (Lipinski definition) is 3. The van der Waals surface area contributed by atoms with Crippen LogP contribution >= 0.6 is 0 Å². The van der Waals surface area contributed by atoms with Gasteiger partial charge in [-0.1, -0.05) is 0 Å². The van der Waals surface area contributed by atoms with Crippen LogP contribution in [0.5, 0.6) is 0 Å². The molecule has 116 valence electrons. The molecule has 2 heterocycles.